The number of rotatable bonds is 1. The summed E-state index contributed by atoms with van der Waals surface area (Å²) in [6, 6.07) is 6.51. The molecule has 62 valence electrons. The van der Waals surface area contributed by atoms with Crippen LogP contribution in [-0.4, -0.2) is 0 Å². The van der Waals surface area contributed by atoms with E-state index >= 15 is 0 Å². The molecule has 0 amide bonds. The summed E-state index contributed by atoms with van der Waals surface area (Å²) in [5.74, 6) is 0. The largest absolute Gasteiger partial charge is 0.362 e. The van der Waals surface area contributed by atoms with E-state index in [9.17, 15) is 0 Å². The minimum atomic E-state index is 1.07. The number of allylic oxidation sites excluding steroid dienone is 1. The number of nitrogens with one attached hydrogen (secondary N) is 1. The van der Waals surface area contributed by atoms with Gasteiger partial charge < -0.3 is 5.32 Å². The molecule has 1 heteroatoms. The fourth-order valence-corrected chi connectivity index (χ4v) is 1.63. The quantitative estimate of drug-likeness (QED) is 0.664. The smallest absolute Gasteiger partial charge is 0.0447 e. The third kappa shape index (κ3) is 1.11. The van der Waals surface area contributed by atoms with Crippen LogP contribution in [0.2, 0.25) is 0 Å². The molecule has 12 heavy (non-hydrogen) atoms. The molecule has 1 aliphatic heterocycles. The lowest BCUT2D eigenvalue weighted by molar-refractivity contribution is 1.11. The lowest BCUT2D eigenvalue weighted by Crippen LogP contribution is -2.02. The molecule has 0 bridgehead atoms. The van der Waals surface area contributed by atoms with Gasteiger partial charge in [-0.05, 0) is 30.2 Å². The minimum absolute atomic E-state index is 1.07. The summed E-state index contributed by atoms with van der Waals surface area (Å²) in [5.41, 5.74) is 4.15. The van der Waals surface area contributed by atoms with Gasteiger partial charge in [0.05, 0.1) is 0 Å². The summed E-state index contributed by atoms with van der Waals surface area (Å²) in [6.07, 6.45) is 6.35. The molecule has 0 fully saturated rings. The number of anilines is 1. The Morgan fingerprint density at radius 1 is 1.42 bits per heavy atom. The molecule has 0 atom stereocenters. The first kappa shape index (κ1) is 7.41. The predicted octanol–water partition coefficient (Wildman–Crippen LogP) is 2.73. The molecule has 2 rings (SSSR count). The summed E-state index contributed by atoms with van der Waals surface area (Å²) in [7, 11) is 0. The minimum Gasteiger partial charge on any atom is -0.362 e. The number of para-hydroxylation sites is 1. The normalized spacial score (nSPS) is 13.8. The number of hydrogen-bond donors (Lipinski definition) is 1. The maximum atomic E-state index is 3.30. The molecule has 0 saturated carbocycles. The molecule has 1 N–H and O–H groups in total. The van der Waals surface area contributed by atoms with E-state index in [1.807, 2.05) is 6.20 Å². The average Bonchev–Trinajstić information content (AvgIpc) is 2.17. The maximum absolute atomic E-state index is 3.30. The first-order chi connectivity index (χ1) is 5.92. The van der Waals surface area contributed by atoms with E-state index in [0.717, 1.165) is 12.8 Å². The van der Waals surface area contributed by atoms with Crippen molar-refractivity contribution in [1.29, 1.82) is 0 Å². The molecular formula is C11H13N. The summed E-state index contributed by atoms with van der Waals surface area (Å²) < 4.78 is 0. The van der Waals surface area contributed by atoms with Crippen LogP contribution in [0.5, 0.6) is 0 Å². The molecule has 1 nitrogen and oxygen atoms in total. The summed E-state index contributed by atoms with van der Waals surface area (Å²) in [6.45, 7) is 2.19. The third-order valence-corrected chi connectivity index (χ3v) is 2.30. The molecule has 0 saturated heterocycles. The lowest BCUT2D eigenvalue weighted by atomic mass is 10.0. The van der Waals surface area contributed by atoms with Gasteiger partial charge in [-0.15, -0.1) is 0 Å². The highest BCUT2D eigenvalue weighted by molar-refractivity contribution is 5.61. The second kappa shape index (κ2) is 3.02. The predicted molar refractivity (Wildman–Crippen MR) is 52.3 cm³/mol. The summed E-state index contributed by atoms with van der Waals surface area (Å²) in [4.78, 5) is 0. The number of hydrogen-bond acceptors (Lipinski definition) is 1. The van der Waals surface area contributed by atoms with Gasteiger partial charge in [-0.3, -0.25) is 0 Å². The Labute approximate surface area is 73.1 Å². The Hall–Kier alpha value is -1.24. The van der Waals surface area contributed by atoms with E-state index in [1.54, 1.807) is 0 Å². The molecule has 0 spiro atoms. The highest BCUT2D eigenvalue weighted by Crippen LogP contribution is 2.24. The van der Waals surface area contributed by atoms with Crippen LogP contribution >= 0.6 is 0 Å². The van der Waals surface area contributed by atoms with E-state index < -0.39 is 0 Å². The van der Waals surface area contributed by atoms with Gasteiger partial charge in [0, 0.05) is 5.69 Å². The van der Waals surface area contributed by atoms with Gasteiger partial charge in [-0.25, -0.2) is 0 Å². The fourth-order valence-electron chi connectivity index (χ4n) is 1.63. The maximum Gasteiger partial charge on any atom is 0.0447 e. The van der Waals surface area contributed by atoms with Crippen molar-refractivity contribution in [2.75, 3.05) is 5.32 Å². The van der Waals surface area contributed by atoms with Crippen molar-refractivity contribution < 1.29 is 0 Å². The topological polar surface area (TPSA) is 12.0 Å². The molecule has 1 aromatic carbocycles. The van der Waals surface area contributed by atoms with Crippen LogP contribution in [0.4, 0.5) is 5.69 Å². The Kier molecular flexibility index (Phi) is 1.86. The molecule has 1 aliphatic rings. The summed E-state index contributed by atoms with van der Waals surface area (Å²) >= 11 is 0. The van der Waals surface area contributed by atoms with Crippen molar-refractivity contribution in [3.05, 3.63) is 41.6 Å². The van der Waals surface area contributed by atoms with E-state index in [-0.39, 0.29) is 0 Å². The van der Waals surface area contributed by atoms with Crippen LogP contribution in [0.3, 0.4) is 0 Å². The van der Waals surface area contributed by atoms with Crippen molar-refractivity contribution >= 4 is 5.69 Å². The summed E-state index contributed by atoms with van der Waals surface area (Å²) in [5, 5.41) is 3.30. The van der Waals surface area contributed by atoms with Crippen molar-refractivity contribution in [3.8, 4) is 0 Å². The van der Waals surface area contributed by atoms with Crippen LogP contribution in [0, 0.1) is 0 Å². The molecule has 0 aromatic heterocycles. The van der Waals surface area contributed by atoms with Gasteiger partial charge >= 0.3 is 0 Å². The molecule has 1 aromatic rings. The van der Waals surface area contributed by atoms with Gasteiger partial charge in [0.2, 0.25) is 0 Å². The van der Waals surface area contributed by atoms with Gasteiger partial charge in [0.25, 0.3) is 0 Å². The zero-order valence-electron chi connectivity index (χ0n) is 7.30. The van der Waals surface area contributed by atoms with E-state index in [1.165, 1.54) is 16.8 Å². The van der Waals surface area contributed by atoms with Gasteiger partial charge in [0.1, 0.15) is 0 Å². The Bertz CT molecular complexity index is 313. The average molecular weight is 159 g/mol. The van der Waals surface area contributed by atoms with Gasteiger partial charge in [0.15, 0.2) is 0 Å². The van der Waals surface area contributed by atoms with E-state index in [0.29, 0.717) is 0 Å². The number of benzene rings is 1. The molecule has 0 radical (unpaired) electrons. The third-order valence-electron chi connectivity index (χ3n) is 2.30. The standard InChI is InChI=1S/C11H13N/c1-2-9-5-3-6-10-7-4-8-12-11(9)10/h3-6,8,12H,2,7H2,1H3. The zero-order chi connectivity index (χ0) is 8.39. The van der Waals surface area contributed by atoms with Crippen molar-refractivity contribution in [2.45, 2.75) is 19.8 Å². The number of fused-ring (bicyclic) bond motifs is 1. The van der Waals surface area contributed by atoms with Crippen LogP contribution in [0.25, 0.3) is 0 Å². The Morgan fingerprint density at radius 3 is 3.17 bits per heavy atom. The van der Waals surface area contributed by atoms with E-state index in [2.05, 4.69) is 36.5 Å². The Balaban J connectivity index is 2.48. The van der Waals surface area contributed by atoms with Crippen molar-refractivity contribution in [2.24, 2.45) is 0 Å². The highest BCUT2D eigenvalue weighted by Gasteiger charge is 2.06. The van der Waals surface area contributed by atoms with Crippen molar-refractivity contribution in [1.82, 2.24) is 0 Å². The zero-order valence-corrected chi connectivity index (χ0v) is 7.30. The second-order valence-electron chi connectivity index (χ2n) is 3.06. The molecule has 0 unspecified atom stereocenters. The number of aryl methyl sites for hydroxylation is 1. The van der Waals surface area contributed by atoms with Crippen LogP contribution in [0.15, 0.2) is 30.5 Å². The van der Waals surface area contributed by atoms with E-state index in [4.69, 9.17) is 0 Å². The molecule has 1 heterocycles. The first-order valence-electron chi connectivity index (χ1n) is 4.44. The Morgan fingerprint density at radius 2 is 2.33 bits per heavy atom. The van der Waals surface area contributed by atoms with Crippen LogP contribution < -0.4 is 5.32 Å². The monoisotopic (exact) mass is 159 g/mol. The molecule has 0 aliphatic carbocycles. The van der Waals surface area contributed by atoms with Gasteiger partial charge in [-0.2, -0.15) is 0 Å². The van der Waals surface area contributed by atoms with Crippen LogP contribution in [-0.2, 0) is 12.8 Å². The SMILES string of the molecule is CCc1cccc2c1NC=CC2. The molecular weight excluding hydrogens is 146 g/mol. The fraction of sp³-hybridized carbons (Fsp3) is 0.273. The highest BCUT2D eigenvalue weighted by atomic mass is 14.9. The lowest BCUT2D eigenvalue weighted by Gasteiger charge is -2.15. The van der Waals surface area contributed by atoms with Gasteiger partial charge in [-0.1, -0.05) is 31.2 Å². The van der Waals surface area contributed by atoms with Crippen molar-refractivity contribution in [3.63, 3.8) is 0 Å². The second-order valence-corrected chi connectivity index (χ2v) is 3.06. The van der Waals surface area contributed by atoms with Crippen LogP contribution in [0.1, 0.15) is 18.1 Å². The first-order valence-corrected chi connectivity index (χ1v) is 4.44.